The lowest BCUT2D eigenvalue weighted by molar-refractivity contribution is 0.0803. The van der Waals surface area contributed by atoms with Crippen LogP contribution in [0.4, 0.5) is 10.5 Å². The minimum Gasteiger partial charge on any atom is -0.467 e. The van der Waals surface area contributed by atoms with Crippen molar-refractivity contribution in [2.45, 2.75) is 32.4 Å². The molecule has 1 saturated heterocycles. The van der Waals surface area contributed by atoms with Crippen molar-refractivity contribution in [3.8, 4) is 0 Å². The lowest BCUT2D eigenvalue weighted by atomic mass is 10.2. The molecule has 0 saturated carbocycles. The molecule has 2 amide bonds. The van der Waals surface area contributed by atoms with Gasteiger partial charge in [-0.1, -0.05) is 6.07 Å². The molecule has 1 unspecified atom stereocenters. The molecular weight excluding hydrogens is 372 g/mol. The molecule has 2 heterocycles. The van der Waals surface area contributed by atoms with Gasteiger partial charge in [0.2, 0.25) is 0 Å². The predicted octanol–water partition coefficient (Wildman–Crippen LogP) is 4.56. The standard InChI is InChI=1S/C18H21BrN2O3/c1-13-6-7-17(16(19)10-13)20-18(22)21(11-14-4-2-8-23-14)12-15-5-3-9-24-15/h2,4,6-8,10,15H,3,5,9,11-12H2,1H3,(H,20,22). The van der Waals surface area contributed by atoms with E-state index in [1.54, 1.807) is 11.2 Å². The van der Waals surface area contributed by atoms with Gasteiger partial charge in [-0.05, 0) is 65.5 Å². The summed E-state index contributed by atoms with van der Waals surface area (Å²) in [5.41, 5.74) is 1.88. The number of furan rings is 1. The number of nitrogens with one attached hydrogen (secondary N) is 1. The Hall–Kier alpha value is -1.79. The average molecular weight is 393 g/mol. The Labute approximate surface area is 150 Å². The van der Waals surface area contributed by atoms with E-state index in [9.17, 15) is 4.79 Å². The van der Waals surface area contributed by atoms with E-state index in [1.165, 1.54) is 0 Å². The van der Waals surface area contributed by atoms with Crippen molar-refractivity contribution < 1.29 is 13.9 Å². The number of aryl methyl sites for hydroxylation is 1. The van der Waals surface area contributed by atoms with E-state index in [4.69, 9.17) is 9.15 Å². The number of urea groups is 1. The number of carbonyl (C=O) groups is 1. The Morgan fingerprint density at radius 2 is 2.29 bits per heavy atom. The zero-order valence-electron chi connectivity index (χ0n) is 13.6. The number of nitrogens with zero attached hydrogens (tertiary/aromatic N) is 1. The third-order valence-electron chi connectivity index (χ3n) is 4.03. The first-order valence-electron chi connectivity index (χ1n) is 8.08. The topological polar surface area (TPSA) is 54.7 Å². The highest BCUT2D eigenvalue weighted by Gasteiger charge is 2.24. The van der Waals surface area contributed by atoms with Crippen LogP contribution >= 0.6 is 15.9 Å². The number of amides is 2. The van der Waals surface area contributed by atoms with E-state index < -0.39 is 0 Å². The third kappa shape index (κ3) is 4.39. The quantitative estimate of drug-likeness (QED) is 0.810. The van der Waals surface area contributed by atoms with Gasteiger partial charge >= 0.3 is 6.03 Å². The van der Waals surface area contributed by atoms with Crippen LogP contribution in [0.1, 0.15) is 24.2 Å². The number of halogens is 1. The fourth-order valence-electron chi connectivity index (χ4n) is 2.76. The van der Waals surface area contributed by atoms with Crippen LogP contribution in [0.25, 0.3) is 0 Å². The lowest BCUT2D eigenvalue weighted by Crippen LogP contribution is -2.39. The van der Waals surface area contributed by atoms with Gasteiger partial charge in [0.25, 0.3) is 0 Å². The first kappa shape index (κ1) is 17.0. The van der Waals surface area contributed by atoms with Gasteiger partial charge in [-0.15, -0.1) is 0 Å². The fraction of sp³-hybridized carbons (Fsp3) is 0.389. The van der Waals surface area contributed by atoms with Gasteiger partial charge in [-0.25, -0.2) is 4.79 Å². The summed E-state index contributed by atoms with van der Waals surface area (Å²) in [6.45, 7) is 3.75. The average Bonchev–Trinajstić information content (AvgIpc) is 3.23. The lowest BCUT2D eigenvalue weighted by Gasteiger charge is -2.25. The maximum absolute atomic E-state index is 12.8. The normalized spacial score (nSPS) is 17.0. The van der Waals surface area contributed by atoms with E-state index in [-0.39, 0.29) is 12.1 Å². The van der Waals surface area contributed by atoms with Crippen LogP contribution in [-0.4, -0.2) is 30.2 Å². The van der Waals surface area contributed by atoms with Crippen molar-refractivity contribution in [2.24, 2.45) is 0 Å². The molecule has 1 aromatic heterocycles. The first-order chi connectivity index (χ1) is 11.6. The summed E-state index contributed by atoms with van der Waals surface area (Å²) in [6, 6.07) is 9.38. The van der Waals surface area contributed by atoms with Crippen molar-refractivity contribution in [3.63, 3.8) is 0 Å². The number of anilines is 1. The number of benzene rings is 1. The molecule has 1 aliphatic rings. The molecule has 0 spiro atoms. The molecule has 6 heteroatoms. The molecule has 5 nitrogen and oxygen atoms in total. The molecule has 2 aromatic rings. The zero-order chi connectivity index (χ0) is 16.9. The Morgan fingerprint density at radius 3 is 2.96 bits per heavy atom. The van der Waals surface area contributed by atoms with Crippen molar-refractivity contribution in [3.05, 3.63) is 52.4 Å². The Bertz CT molecular complexity index is 682. The van der Waals surface area contributed by atoms with Gasteiger partial charge in [-0.2, -0.15) is 0 Å². The molecule has 1 N–H and O–H groups in total. The third-order valence-corrected chi connectivity index (χ3v) is 4.68. The summed E-state index contributed by atoms with van der Waals surface area (Å²) in [7, 11) is 0. The summed E-state index contributed by atoms with van der Waals surface area (Å²) in [4.78, 5) is 14.5. The van der Waals surface area contributed by atoms with Crippen molar-refractivity contribution in [1.29, 1.82) is 0 Å². The van der Waals surface area contributed by atoms with Crippen molar-refractivity contribution >= 4 is 27.6 Å². The summed E-state index contributed by atoms with van der Waals surface area (Å²) in [6.07, 6.45) is 3.74. The fourth-order valence-corrected chi connectivity index (χ4v) is 3.35. The van der Waals surface area contributed by atoms with E-state index >= 15 is 0 Å². The van der Waals surface area contributed by atoms with Gasteiger partial charge in [-0.3, -0.25) is 0 Å². The Balaban J connectivity index is 1.71. The maximum Gasteiger partial charge on any atom is 0.322 e. The van der Waals surface area contributed by atoms with E-state index in [0.717, 1.165) is 40.9 Å². The van der Waals surface area contributed by atoms with Gasteiger partial charge < -0.3 is 19.4 Å². The zero-order valence-corrected chi connectivity index (χ0v) is 15.2. The monoisotopic (exact) mass is 392 g/mol. The van der Waals surface area contributed by atoms with Crippen molar-refractivity contribution in [2.75, 3.05) is 18.5 Å². The molecule has 0 aliphatic carbocycles. The molecule has 1 atom stereocenters. The van der Waals surface area contributed by atoms with Crippen LogP contribution in [0.2, 0.25) is 0 Å². The molecule has 1 aromatic carbocycles. The number of ether oxygens (including phenoxy) is 1. The minimum atomic E-state index is -0.161. The van der Waals surface area contributed by atoms with Gasteiger partial charge in [0.1, 0.15) is 5.76 Å². The molecule has 1 fully saturated rings. The molecule has 3 rings (SSSR count). The highest BCUT2D eigenvalue weighted by molar-refractivity contribution is 9.10. The molecule has 128 valence electrons. The van der Waals surface area contributed by atoms with Crippen LogP contribution in [0.5, 0.6) is 0 Å². The number of carbonyl (C=O) groups excluding carboxylic acids is 1. The van der Waals surface area contributed by atoms with Crippen LogP contribution in [-0.2, 0) is 11.3 Å². The number of rotatable bonds is 5. The second-order valence-corrected chi connectivity index (χ2v) is 6.86. The minimum absolute atomic E-state index is 0.0900. The van der Waals surface area contributed by atoms with Crippen LogP contribution < -0.4 is 5.32 Å². The second-order valence-electron chi connectivity index (χ2n) is 6.01. The highest BCUT2D eigenvalue weighted by Crippen LogP contribution is 2.24. The van der Waals surface area contributed by atoms with E-state index in [1.807, 2.05) is 37.3 Å². The molecular formula is C18H21BrN2O3. The van der Waals surface area contributed by atoms with Crippen molar-refractivity contribution in [1.82, 2.24) is 4.90 Å². The van der Waals surface area contributed by atoms with Crippen LogP contribution in [0.15, 0.2) is 45.5 Å². The molecule has 24 heavy (non-hydrogen) atoms. The van der Waals surface area contributed by atoms with Gasteiger partial charge in [0, 0.05) is 17.6 Å². The van der Waals surface area contributed by atoms with E-state index in [0.29, 0.717) is 13.1 Å². The maximum atomic E-state index is 12.8. The van der Waals surface area contributed by atoms with Gasteiger partial charge in [0.05, 0.1) is 24.6 Å². The number of hydrogen-bond donors (Lipinski definition) is 1. The molecule has 0 bridgehead atoms. The summed E-state index contributed by atoms with van der Waals surface area (Å²) < 4.78 is 11.9. The largest absolute Gasteiger partial charge is 0.467 e. The highest BCUT2D eigenvalue weighted by atomic mass is 79.9. The summed E-state index contributed by atoms with van der Waals surface area (Å²) in [5.74, 6) is 0.756. The first-order valence-corrected chi connectivity index (χ1v) is 8.87. The summed E-state index contributed by atoms with van der Waals surface area (Å²) in [5, 5.41) is 2.97. The van der Waals surface area contributed by atoms with Crippen LogP contribution in [0, 0.1) is 6.92 Å². The smallest absolute Gasteiger partial charge is 0.322 e. The number of hydrogen-bond acceptors (Lipinski definition) is 3. The predicted molar refractivity (Wildman–Crippen MR) is 96.0 cm³/mol. The van der Waals surface area contributed by atoms with Gasteiger partial charge in [0.15, 0.2) is 0 Å². The SMILES string of the molecule is Cc1ccc(NC(=O)N(Cc2ccco2)CC2CCCO2)c(Br)c1. The second kappa shape index (κ2) is 7.85. The molecule has 1 aliphatic heterocycles. The van der Waals surface area contributed by atoms with E-state index in [2.05, 4.69) is 21.2 Å². The Morgan fingerprint density at radius 1 is 1.42 bits per heavy atom. The Kier molecular flexibility index (Phi) is 5.58. The van der Waals surface area contributed by atoms with Crippen LogP contribution in [0.3, 0.4) is 0 Å². The summed E-state index contributed by atoms with van der Waals surface area (Å²) >= 11 is 3.50. The molecule has 0 radical (unpaired) electrons.